The number of anilines is 1. The molecule has 20 heavy (non-hydrogen) atoms. The highest BCUT2D eigenvalue weighted by molar-refractivity contribution is 8.01. The van der Waals surface area contributed by atoms with Crippen LogP contribution in [0.25, 0.3) is 0 Å². The van der Waals surface area contributed by atoms with Crippen molar-refractivity contribution in [2.24, 2.45) is 0 Å². The zero-order valence-electron chi connectivity index (χ0n) is 11.3. The molecule has 0 radical (unpaired) electrons. The minimum atomic E-state index is -0.0268. The molecule has 1 fully saturated rings. The van der Waals surface area contributed by atoms with Gasteiger partial charge in [0.15, 0.2) is 4.34 Å². The number of hydrogen-bond acceptors (Lipinski definition) is 7. The van der Waals surface area contributed by atoms with Gasteiger partial charge in [-0.2, -0.15) is 0 Å². The largest absolute Gasteiger partial charge is 0.379 e. The minimum Gasteiger partial charge on any atom is -0.379 e. The predicted octanol–water partition coefficient (Wildman–Crippen LogP) is 1.73. The van der Waals surface area contributed by atoms with Crippen molar-refractivity contribution in [2.45, 2.75) is 17.7 Å². The Bertz CT molecular complexity index is 413. The van der Waals surface area contributed by atoms with Gasteiger partial charge < -0.3 is 10.1 Å². The van der Waals surface area contributed by atoms with Crippen molar-refractivity contribution in [3.8, 4) is 0 Å². The van der Waals surface area contributed by atoms with Crippen LogP contribution in [-0.4, -0.2) is 59.6 Å². The maximum absolute atomic E-state index is 11.2. The fraction of sp³-hybridized carbons (Fsp3) is 0.727. The summed E-state index contributed by atoms with van der Waals surface area (Å²) in [6.07, 6.45) is 0.457. The van der Waals surface area contributed by atoms with E-state index < -0.39 is 0 Å². The minimum absolute atomic E-state index is 0. The van der Waals surface area contributed by atoms with Crippen LogP contribution >= 0.6 is 35.5 Å². The molecule has 0 atom stereocenters. The van der Waals surface area contributed by atoms with Gasteiger partial charge in [0, 0.05) is 31.8 Å². The Kier molecular flexibility index (Phi) is 8.39. The van der Waals surface area contributed by atoms with E-state index >= 15 is 0 Å². The lowest BCUT2D eigenvalue weighted by Crippen LogP contribution is -2.37. The van der Waals surface area contributed by atoms with Crippen LogP contribution in [0.1, 0.15) is 13.3 Å². The van der Waals surface area contributed by atoms with Crippen molar-refractivity contribution >= 4 is 46.5 Å². The number of nitrogens with zero attached hydrogens (tertiary/aromatic N) is 3. The Balaban J connectivity index is 0.00000200. The normalized spacial score (nSPS) is 15.7. The van der Waals surface area contributed by atoms with Crippen molar-refractivity contribution in [3.05, 3.63) is 0 Å². The Morgan fingerprint density at radius 1 is 1.45 bits per heavy atom. The number of thioether (sulfide) groups is 1. The number of morpholine rings is 1. The van der Waals surface area contributed by atoms with Crippen molar-refractivity contribution in [1.82, 2.24) is 15.1 Å². The van der Waals surface area contributed by atoms with E-state index in [2.05, 4.69) is 20.4 Å². The number of ether oxygens (including phenoxy) is 1. The number of aromatic nitrogens is 2. The summed E-state index contributed by atoms with van der Waals surface area (Å²) < 4.78 is 6.21. The van der Waals surface area contributed by atoms with E-state index in [9.17, 15) is 4.79 Å². The molecule has 0 aromatic carbocycles. The molecule has 1 amide bonds. The van der Waals surface area contributed by atoms with E-state index in [1.54, 1.807) is 11.8 Å². The zero-order valence-corrected chi connectivity index (χ0v) is 13.8. The van der Waals surface area contributed by atoms with Gasteiger partial charge in [0.1, 0.15) is 0 Å². The van der Waals surface area contributed by atoms with Gasteiger partial charge in [-0.15, -0.1) is 22.6 Å². The fourth-order valence-corrected chi connectivity index (χ4v) is 3.45. The molecule has 1 aliphatic heterocycles. The molecule has 1 N–H and O–H groups in total. The summed E-state index contributed by atoms with van der Waals surface area (Å²) in [5.41, 5.74) is 0. The quantitative estimate of drug-likeness (QED) is 0.629. The first-order valence-electron chi connectivity index (χ1n) is 6.34. The molecule has 0 aliphatic carbocycles. The number of carbonyl (C=O) groups is 1. The molecule has 0 unspecified atom stereocenters. The van der Waals surface area contributed by atoms with Crippen LogP contribution in [0.4, 0.5) is 5.13 Å². The van der Waals surface area contributed by atoms with Gasteiger partial charge in [-0.1, -0.05) is 30.0 Å². The third kappa shape index (κ3) is 5.92. The van der Waals surface area contributed by atoms with Crippen LogP contribution in [0, 0.1) is 0 Å². The highest BCUT2D eigenvalue weighted by Gasteiger charge is 2.11. The number of halogens is 1. The molecule has 1 saturated heterocycles. The van der Waals surface area contributed by atoms with Crippen molar-refractivity contribution in [3.63, 3.8) is 0 Å². The van der Waals surface area contributed by atoms with Crippen LogP contribution in [0.15, 0.2) is 4.34 Å². The summed E-state index contributed by atoms with van der Waals surface area (Å²) in [7, 11) is 0. The van der Waals surface area contributed by atoms with Crippen molar-refractivity contribution < 1.29 is 9.53 Å². The number of nitrogens with one attached hydrogen (secondary N) is 1. The average Bonchev–Trinajstić information content (AvgIpc) is 2.87. The predicted molar refractivity (Wildman–Crippen MR) is 84.1 cm³/mol. The number of amides is 1. The second kappa shape index (κ2) is 9.51. The molecule has 6 nitrogen and oxygen atoms in total. The van der Waals surface area contributed by atoms with Gasteiger partial charge in [0.05, 0.1) is 13.2 Å². The van der Waals surface area contributed by atoms with E-state index in [0.717, 1.165) is 42.9 Å². The Morgan fingerprint density at radius 3 is 2.90 bits per heavy atom. The first-order chi connectivity index (χ1) is 9.28. The highest BCUT2D eigenvalue weighted by Crippen LogP contribution is 2.25. The summed E-state index contributed by atoms with van der Waals surface area (Å²) in [6.45, 7) is 6.52. The molecule has 1 aromatic heterocycles. The Morgan fingerprint density at radius 2 is 2.20 bits per heavy atom. The number of carbonyl (C=O) groups excluding carboxylic acids is 1. The molecule has 114 valence electrons. The summed E-state index contributed by atoms with van der Waals surface area (Å²) in [5, 5.41) is 11.3. The molecule has 2 rings (SSSR count). The average molecular weight is 339 g/mol. The van der Waals surface area contributed by atoms with E-state index in [0.29, 0.717) is 11.6 Å². The smallest absolute Gasteiger partial charge is 0.225 e. The lowest BCUT2D eigenvalue weighted by Gasteiger charge is -2.25. The van der Waals surface area contributed by atoms with Crippen molar-refractivity contribution in [2.75, 3.05) is 43.9 Å². The van der Waals surface area contributed by atoms with E-state index in [1.807, 2.05) is 6.92 Å². The van der Waals surface area contributed by atoms with Gasteiger partial charge >= 0.3 is 0 Å². The highest BCUT2D eigenvalue weighted by atomic mass is 35.5. The molecule has 0 saturated carbocycles. The topological polar surface area (TPSA) is 67.4 Å². The van der Waals surface area contributed by atoms with Gasteiger partial charge in [0.2, 0.25) is 11.0 Å². The van der Waals surface area contributed by atoms with Crippen LogP contribution in [0.5, 0.6) is 0 Å². The molecule has 1 aromatic rings. The first kappa shape index (κ1) is 17.6. The van der Waals surface area contributed by atoms with Gasteiger partial charge in [0.25, 0.3) is 0 Å². The monoisotopic (exact) mass is 338 g/mol. The molecule has 0 spiro atoms. The number of rotatable bonds is 6. The summed E-state index contributed by atoms with van der Waals surface area (Å²) in [6, 6.07) is 0. The maximum atomic E-state index is 11.2. The standard InChI is InChI=1S/C11H18N4O2S2.ClH/c1-2-9(16)12-10-13-14-11(19-10)18-8-5-15-3-6-17-7-4-15;/h2-8H2,1H3,(H,12,13,16);1H. The van der Waals surface area contributed by atoms with Gasteiger partial charge in [-0.3, -0.25) is 9.69 Å². The molecule has 0 bridgehead atoms. The lowest BCUT2D eigenvalue weighted by molar-refractivity contribution is -0.115. The number of hydrogen-bond donors (Lipinski definition) is 1. The zero-order chi connectivity index (χ0) is 13.5. The molecular formula is C11H19ClN4O2S2. The Labute approximate surface area is 133 Å². The molecular weight excluding hydrogens is 320 g/mol. The summed E-state index contributed by atoms with van der Waals surface area (Å²) >= 11 is 3.11. The first-order valence-corrected chi connectivity index (χ1v) is 8.14. The van der Waals surface area contributed by atoms with E-state index in [-0.39, 0.29) is 18.3 Å². The van der Waals surface area contributed by atoms with Gasteiger partial charge in [-0.05, 0) is 0 Å². The van der Waals surface area contributed by atoms with Crippen LogP contribution < -0.4 is 5.32 Å². The maximum Gasteiger partial charge on any atom is 0.225 e. The lowest BCUT2D eigenvalue weighted by atomic mass is 10.4. The third-order valence-electron chi connectivity index (χ3n) is 2.71. The van der Waals surface area contributed by atoms with Crippen molar-refractivity contribution in [1.29, 1.82) is 0 Å². The fourth-order valence-electron chi connectivity index (χ4n) is 1.61. The molecule has 9 heteroatoms. The SMILES string of the molecule is CCC(=O)Nc1nnc(SCCN2CCOCC2)s1.Cl. The van der Waals surface area contributed by atoms with Crippen LogP contribution in [0.3, 0.4) is 0 Å². The Hall–Kier alpha value is -0.410. The summed E-state index contributed by atoms with van der Waals surface area (Å²) in [4.78, 5) is 13.6. The second-order valence-electron chi connectivity index (χ2n) is 4.08. The van der Waals surface area contributed by atoms with Gasteiger partial charge in [-0.25, -0.2) is 0 Å². The van der Waals surface area contributed by atoms with Crippen LogP contribution in [-0.2, 0) is 9.53 Å². The molecule has 1 aliphatic rings. The molecule has 2 heterocycles. The van der Waals surface area contributed by atoms with E-state index in [4.69, 9.17) is 4.74 Å². The van der Waals surface area contributed by atoms with Crippen LogP contribution in [0.2, 0.25) is 0 Å². The van der Waals surface area contributed by atoms with E-state index in [1.165, 1.54) is 11.3 Å². The second-order valence-corrected chi connectivity index (χ2v) is 6.40. The third-order valence-corrected chi connectivity index (χ3v) is 4.66. The summed E-state index contributed by atoms with van der Waals surface area (Å²) in [5.74, 6) is 0.956.